The summed E-state index contributed by atoms with van der Waals surface area (Å²) in [5.41, 5.74) is 3.82. The second-order valence-electron chi connectivity index (χ2n) is 11.0. The van der Waals surface area contributed by atoms with E-state index in [0.29, 0.717) is 34.3 Å². The van der Waals surface area contributed by atoms with Crippen molar-refractivity contribution in [2.24, 2.45) is 0 Å². The minimum Gasteiger partial charge on any atom is -0.478 e. The number of nitrogens with one attached hydrogen (secondary N) is 2. The molecule has 2 amide bonds. The molecule has 0 radical (unpaired) electrons. The molecule has 10 nitrogen and oxygen atoms in total. The zero-order valence-corrected chi connectivity index (χ0v) is 26.5. The number of hydrogen-bond donors (Lipinski definition) is 4. The van der Waals surface area contributed by atoms with Crippen LogP contribution in [0.4, 0.5) is 16.2 Å². The van der Waals surface area contributed by atoms with E-state index in [1.54, 1.807) is 48.7 Å². The molecule has 2 heterocycles. The van der Waals surface area contributed by atoms with Gasteiger partial charge in [-0.15, -0.1) is 11.8 Å². The number of carbonyl (C=O) groups is 2. The molecule has 4 N–H and O–H groups in total. The van der Waals surface area contributed by atoms with Gasteiger partial charge in [0.15, 0.2) is 6.29 Å². The van der Waals surface area contributed by atoms with E-state index in [0.717, 1.165) is 22.4 Å². The second kappa shape index (κ2) is 15.6. The van der Waals surface area contributed by atoms with Gasteiger partial charge < -0.3 is 35.1 Å². The number of thioether (sulfide) groups is 1. The Morgan fingerprint density at radius 1 is 0.792 bits per heavy atom. The number of urea groups is 1. The van der Waals surface area contributed by atoms with Crippen molar-refractivity contribution in [1.29, 1.82) is 0 Å². The number of ether oxygens (including phenoxy) is 3. The maximum absolute atomic E-state index is 12.7. The maximum atomic E-state index is 12.7. The first-order chi connectivity index (χ1) is 23.4. The molecule has 0 aliphatic carbocycles. The van der Waals surface area contributed by atoms with Crippen LogP contribution in [-0.4, -0.2) is 39.1 Å². The number of carboxylic acids is 1. The largest absolute Gasteiger partial charge is 0.478 e. The van der Waals surface area contributed by atoms with E-state index in [2.05, 4.69) is 15.6 Å². The van der Waals surface area contributed by atoms with Crippen molar-refractivity contribution in [3.05, 3.63) is 144 Å². The molecule has 1 aliphatic heterocycles. The van der Waals surface area contributed by atoms with Gasteiger partial charge in [0.2, 0.25) is 0 Å². The highest BCUT2D eigenvalue weighted by molar-refractivity contribution is 7.99. The Kier molecular flexibility index (Phi) is 10.6. The third kappa shape index (κ3) is 8.58. The van der Waals surface area contributed by atoms with E-state index in [4.69, 9.17) is 14.2 Å². The minimum absolute atomic E-state index is 0.0544. The molecular weight excluding hydrogens is 630 g/mol. The Hall–Kier alpha value is -5.20. The average Bonchev–Trinajstić information content (AvgIpc) is 3.12. The van der Waals surface area contributed by atoms with E-state index in [1.807, 2.05) is 66.7 Å². The smallest absolute Gasteiger partial charge is 0.338 e. The summed E-state index contributed by atoms with van der Waals surface area (Å²) in [6, 6.07) is 34.1. The number of aromatic carboxylic acids is 1. The lowest BCUT2D eigenvalue weighted by Gasteiger charge is -2.36. The van der Waals surface area contributed by atoms with Crippen LogP contribution in [0.25, 0.3) is 0 Å². The van der Waals surface area contributed by atoms with Gasteiger partial charge in [-0.3, -0.25) is 0 Å². The average molecular weight is 664 g/mol. The molecule has 4 aromatic carbocycles. The number of aliphatic hydroxyl groups is 1. The highest BCUT2D eigenvalue weighted by Crippen LogP contribution is 2.40. The molecule has 0 saturated carbocycles. The molecule has 0 bridgehead atoms. The van der Waals surface area contributed by atoms with Crippen molar-refractivity contribution < 1.29 is 34.0 Å². The van der Waals surface area contributed by atoms with Gasteiger partial charge in [-0.05, 0) is 71.8 Å². The number of amides is 2. The molecule has 1 fully saturated rings. The molecule has 1 aliphatic rings. The highest BCUT2D eigenvalue weighted by atomic mass is 32.2. The van der Waals surface area contributed by atoms with E-state index in [9.17, 15) is 19.8 Å². The number of para-hydroxylation sites is 1. The molecule has 1 saturated heterocycles. The minimum atomic E-state index is -1.04. The van der Waals surface area contributed by atoms with Crippen LogP contribution in [0.2, 0.25) is 0 Å². The third-order valence-electron chi connectivity index (χ3n) is 7.55. The van der Waals surface area contributed by atoms with Crippen molar-refractivity contribution in [3.8, 4) is 11.5 Å². The Morgan fingerprint density at radius 2 is 1.44 bits per heavy atom. The summed E-state index contributed by atoms with van der Waals surface area (Å²) < 4.78 is 18.6. The monoisotopic (exact) mass is 663 g/mol. The van der Waals surface area contributed by atoms with Crippen molar-refractivity contribution in [2.75, 3.05) is 16.4 Å². The number of rotatable bonds is 11. The number of aliphatic hydroxyl groups excluding tert-OH is 1. The van der Waals surface area contributed by atoms with Crippen molar-refractivity contribution in [1.82, 2.24) is 4.98 Å². The van der Waals surface area contributed by atoms with E-state index >= 15 is 0 Å². The molecule has 11 heteroatoms. The fourth-order valence-corrected chi connectivity index (χ4v) is 6.12. The van der Waals surface area contributed by atoms with E-state index in [1.165, 1.54) is 17.8 Å². The van der Waals surface area contributed by atoms with Gasteiger partial charge in [0, 0.05) is 35.3 Å². The molecule has 3 atom stereocenters. The van der Waals surface area contributed by atoms with Crippen molar-refractivity contribution in [3.63, 3.8) is 0 Å². The first kappa shape index (κ1) is 32.7. The van der Waals surface area contributed by atoms with Gasteiger partial charge in [0.1, 0.15) is 16.5 Å². The van der Waals surface area contributed by atoms with Crippen molar-refractivity contribution in [2.45, 2.75) is 36.6 Å². The van der Waals surface area contributed by atoms with E-state index < -0.39 is 18.3 Å². The predicted octanol–water partition coefficient (Wildman–Crippen LogP) is 8.05. The molecule has 244 valence electrons. The number of hydrogen-bond acceptors (Lipinski definition) is 8. The number of pyridine rings is 1. The van der Waals surface area contributed by atoms with Gasteiger partial charge in [-0.2, -0.15) is 0 Å². The normalized spacial score (nSPS) is 17.3. The SMILES string of the molecule is O=C(Nc1ccc(Oc2ccccc2)cc1)Nc1ccc([C@H]2O[C@@H](CSc3ncccc3C(=O)O)C[C@@H](c3ccc(CO)cc3)O2)cc1. The van der Waals surface area contributed by atoms with Crippen LogP contribution in [0.5, 0.6) is 11.5 Å². The maximum Gasteiger partial charge on any atom is 0.338 e. The van der Waals surface area contributed by atoms with Crippen LogP contribution in [0.1, 0.15) is 45.9 Å². The predicted molar refractivity (Wildman–Crippen MR) is 182 cm³/mol. The zero-order chi connectivity index (χ0) is 33.3. The van der Waals surface area contributed by atoms with Crippen LogP contribution in [0.3, 0.4) is 0 Å². The lowest BCUT2D eigenvalue weighted by molar-refractivity contribution is -0.245. The fraction of sp³-hybridized carbons (Fsp3) is 0.162. The summed E-state index contributed by atoms with van der Waals surface area (Å²) in [6.45, 7) is -0.0544. The van der Waals surface area contributed by atoms with Crippen LogP contribution < -0.4 is 15.4 Å². The Morgan fingerprint density at radius 3 is 2.10 bits per heavy atom. The lowest BCUT2D eigenvalue weighted by Crippen LogP contribution is -2.31. The Balaban J connectivity index is 1.10. The summed E-state index contributed by atoms with van der Waals surface area (Å²) in [4.78, 5) is 28.7. The number of carbonyl (C=O) groups excluding carboxylic acids is 1. The standard InChI is InChI=1S/C37H33N3O7S/c41-22-24-8-10-25(11-9-24)33-21-31(23-48-34-32(35(42)43)7-4-20-38-34)46-36(47-33)26-12-14-27(15-13-26)39-37(44)40-28-16-18-30(19-17-28)45-29-5-2-1-3-6-29/h1-20,31,33,36,41H,21-23H2,(H,42,43)(H2,39,40,44)/t31-,33+,36+/m1/s1. The Labute approximate surface area is 281 Å². The molecule has 0 unspecified atom stereocenters. The fourth-order valence-electron chi connectivity index (χ4n) is 5.11. The third-order valence-corrected chi connectivity index (χ3v) is 8.69. The molecule has 0 spiro atoms. The van der Waals surface area contributed by atoms with E-state index in [-0.39, 0.29) is 24.4 Å². The van der Waals surface area contributed by atoms with Gasteiger partial charge in [-0.1, -0.05) is 54.6 Å². The molecular formula is C37H33N3O7S. The van der Waals surface area contributed by atoms with Crippen LogP contribution in [-0.2, 0) is 16.1 Å². The number of benzene rings is 4. The molecule has 5 aromatic rings. The van der Waals surface area contributed by atoms with Gasteiger partial charge in [0.05, 0.1) is 24.4 Å². The second-order valence-corrected chi connectivity index (χ2v) is 12.0. The topological polar surface area (TPSA) is 139 Å². The summed E-state index contributed by atoms with van der Waals surface area (Å²) >= 11 is 1.33. The summed E-state index contributed by atoms with van der Waals surface area (Å²) in [5, 5.41) is 25.1. The number of aromatic nitrogens is 1. The highest BCUT2D eigenvalue weighted by Gasteiger charge is 2.32. The number of nitrogens with zero attached hydrogens (tertiary/aromatic N) is 1. The summed E-state index contributed by atoms with van der Waals surface area (Å²) in [6.07, 6.45) is 0.803. The molecule has 6 rings (SSSR count). The van der Waals surface area contributed by atoms with Gasteiger partial charge in [-0.25, -0.2) is 14.6 Å². The van der Waals surface area contributed by atoms with Gasteiger partial charge in [0.25, 0.3) is 0 Å². The first-order valence-electron chi connectivity index (χ1n) is 15.3. The number of carboxylic acid groups (broad SMARTS) is 1. The quantitative estimate of drug-likeness (QED) is 0.103. The molecule has 48 heavy (non-hydrogen) atoms. The van der Waals surface area contributed by atoms with Crippen LogP contribution >= 0.6 is 11.8 Å². The Bertz CT molecular complexity index is 1820. The zero-order valence-electron chi connectivity index (χ0n) is 25.7. The first-order valence-corrected chi connectivity index (χ1v) is 16.2. The molecule has 1 aromatic heterocycles. The van der Waals surface area contributed by atoms with Crippen LogP contribution in [0.15, 0.2) is 126 Å². The van der Waals surface area contributed by atoms with Gasteiger partial charge >= 0.3 is 12.0 Å². The van der Waals surface area contributed by atoms with Crippen LogP contribution in [0, 0.1) is 0 Å². The number of anilines is 2. The van der Waals surface area contributed by atoms with Crippen molar-refractivity contribution >= 4 is 35.1 Å². The summed E-state index contributed by atoms with van der Waals surface area (Å²) in [7, 11) is 0. The summed E-state index contributed by atoms with van der Waals surface area (Å²) in [5.74, 6) is 0.805. The lowest BCUT2D eigenvalue weighted by atomic mass is 10.0.